The first kappa shape index (κ1) is 11.9. The Morgan fingerprint density at radius 2 is 2.20 bits per heavy atom. The van der Waals surface area contributed by atoms with Gasteiger partial charge in [-0.05, 0) is 5.92 Å². The number of rotatable bonds is 2. The van der Waals surface area contributed by atoms with Crippen LogP contribution in [0.2, 0.25) is 0 Å². The number of terminal acetylenes is 1. The van der Waals surface area contributed by atoms with Gasteiger partial charge < -0.3 is 25.4 Å². The molecule has 15 heavy (non-hydrogen) atoms. The Morgan fingerprint density at radius 1 is 1.53 bits per heavy atom. The minimum absolute atomic E-state index is 0.00310. The summed E-state index contributed by atoms with van der Waals surface area (Å²) in [4.78, 5) is 10.8. The number of aliphatic hydroxyl groups excluding tert-OH is 3. The third-order valence-electron chi connectivity index (χ3n) is 2.26. The molecule has 0 aromatic rings. The lowest BCUT2D eigenvalue weighted by atomic mass is 9.98. The number of carbonyl (C=O) groups is 1. The summed E-state index contributed by atoms with van der Waals surface area (Å²) in [6, 6.07) is -0.758. The van der Waals surface area contributed by atoms with Gasteiger partial charge in [0.2, 0.25) is 0 Å². The predicted molar refractivity (Wildman–Crippen MR) is 49.6 cm³/mol. The summed E-state index contributed by atoms with van der Waals surface area (Å²) >= 11 is 0. The van der Waals surface area contributed by atoms with Gasteiger partial charge in [-0.1, -0.05) is 0 Å². The Kier molecular flexibility index (Phi) is 4.05. The minimum atomic E-state index is -1.24. The maximum atomic E-state index is 10.8. The Labute approximate surface area is 86.9 Å². The van der Waals surface area contributed by atoms with E-state index in [4.69, 9.17) is 16.3 Å². The summed E-state index contributed by atoms with van der Waals surface area (Å²) < 4.78 is 5.02. The van der Waals surface area contributed by atoms with Gasteiger partial charge in [0, 0.05) is 0 Å². The van der Waals surface area contributed by atoms with Gasteiger partial charge in [0.15, 0.2) is 0 Å². The fourth-order valence-corrected chi connectivity index (χ4v) is 1.38. The van der Waals surface area contributed by atoms with Crippen LogP contribution in [-0.4, -0.2) is 58.8 Å². The Morgan fingerprint density at radius 3 is 2.73 bits per heavy atom. The molecule has 3 unspecified atom stereocenters. The maximum absolute atomic E-state index is 10.8. The average molecular weight is 215 g/mol. The van der Waals surface area contributed by atoms with E-state index in [1.54, 1.807) is 0 Å². The fraction of sp³-hybridized carbons (Fsp3) is 0.667. The molecule has 1 fully saturated rings. The van der Waals surface area contributed by atoms with Crippen LogP contribution in [0.25, 0.3) is 0 Å². The van der Waals surface area contributed by atoms with E-state index < -0.39 is 36.9 Å². The lowest BCUT2D eigenvalue weighted by Crippen LogP contribution is -2.59. The molecule has 4 atom stereocenters. The molecule has 0 aliphatic carbocycles. The van der Waals surface area contributed by atoms with E-state index in [0.717, 1.165) is 0 Å². The molecule has 0 saturated carbocycles. The zero-order valence-electron chi connectivity index (χ0n) is 7.96. The molecule has 0 aromatic heterocycles. The largest absolute Gasteiger partial charge is 0.394 e. The van der Waals surface area contributed by atoms with Crippen LogP contribution in [0.1, 0.15) is 0 Å². The number of hydrogen-bond donors (Lipinski definition) is 4. The highest BCUT2D eigenvalue weighted by Crippen LogP contribution is 2.15. The molecule has 1 heterocycles. The van der Waals surface area contributed by atoms with Crippen LogP contribution in [0.15, 0.2) is 0 Å². The van der Waals surface area contributed by atoms with Gasteiger partial charge in [-0.15, -0.1) is 6.42 Å². The smallest absolute Gasteiger partial charge is 0.296 e. The van der Waals surface area contributed by atoms with Crippen molar-refractivity contribution in [3.63, 3.8) is 0 Å². The summed E-state index contributed by atoms with van der Waals surface area (Å²) in [7, 11) is 0. The van der Waals surface area contributed by atoms with E-state index in [0.29, 0.717) is 0 Å². The molecule has 1 amide bonds. The molecule has 6 heteroatoms. The first-order valence-corrected chi connectivity index (χ1v) is 4.45. The van der Waals surface area contributed by atoms with Crippen molar-refractivity contribution in [1.82, 2.24) is 5.32 Å². The number of carbonyl (C=O) groups excluding carboxylic acids is 1. The van der Waals surface area contributed by atoms with Crippen molar-refractivity contribution in [2.75, 3.05) is 13.2 Å². The lowest BCUT2D eigenvalue weighted by molar-refractivity contribution is -0.163. The van der Waals surface area contributed by atoms with Crippen LogP contribution in [-0.2, 0) is 9.53 Å². The molecular weight excluding hydrogens is 202 g/mol. The molecule has 1 aliphatic rings. The highest BCUT2D eigenvalue weighted by molar-refractivity contribution is 5.93. The van der Waals surface area contributed by atoms with Crippen molar-refractivity contribution in [1.29, 1.82) is 0 Å². The molecular formula is C9H13NO5. The van der Waals surface area contributed by atoms with Gasteiger partial charge >= 0.3 is 0 Å². The summed E-state index contributed by atoms with van der Waals surface area (Å²) in [6.07, 6.45) is 1.56. The van der Waals surface area contributed by atoms with E-state index in [1.807, 2.05) is 5.92 Å². The lowest BCUT2D eigenvalue weighted by Gasteiger charge is -2.36. The van der Waals surface area contributed by atoms with Crippen LogP contribution in [0, 0.1) is 12.3 Å². The Bertz CT molecular complexity index is 274. The third kappa shape index (κ3) is 2.67. The van der Waals surface area contributed by atoms with Crippen molar-refractivity contribution in [2.24, 2.45) is 0 Å². The summed E-state index contributed by atoms with van der Waals surface area (Å²) in [6.45, 7) is -0.398. The molecule has 1 rings (SSSR count). The van der Waals surface area contributed by atoms with Crippen molar-refractivity contribution < 1.29 is 24.9 Å². The van der Waals surface area contributed by atoms with Gasteiger partial charge in [0.05, 0.1) is 19.3 Å². The normalized spacial score (nSPS) is 35.6. The van der Waals surface area contributed by atoms with Crippen LogP contribution in [0.4, 0.5) is 0 Å². The fourth-order valence-electron chi connectivity index (χ4n) is 1.38. The first-order chi connectivity index (χ1) is 7.10. The first-order valence-electron chi connectivity index (χ1n) is 4.45. The topological polar surface area (TPSA) is 99.0 Å². The van der Waals surface area contributed by atoms with E-state index in [9.17, 15) is 15.0 Å². The Balaban J connectivity index is 2.57. The van der Waals surface area contributed by atoms with Crippen LogP contribution < -0.4 is 5.32 Å². The van der Waals surface area contributed by atoms with Crippen LogP contribution in [0.5, 0.6) is 0 Å². The van der Waals surface area contributed by atoms with Crippen LogP contribution >= 0.6 is 0 Å². The van der Waals surface area contributed by atoms with E-state index in [2.05, 4.69) is 5.32 Å². The Hall–Kier alpha value is -1.13. The molecule has 0 radical (unpaired) electrons. The van der Waals surface area contributed by atoms with Gasteiger partial charge in [-0.25, -0.2) is 0 Å². The van der Waals surface area contributed by atoms with Gasteiger partial charge in [0.1, 0.15) is 18.3 Å². The van der Waals surface area contributed by atoms with Crippen molar-refractivity contribution in [3.05, 3.63) is 0 Å². The van der Waals surface area contributed by atoms with Gasteiger partial charge in [0.25, 0.3) is 5.91 Å². The number of hydrogen-bond acceptors (Lipinski definition) is 5. The van der Waals surface area contributed by atoms with Crippen molar-refractivity contribution in [2.45, 2.75) is 24.4 Å². The van der Waals surface area contributed by atoms with E-state index in [1.165, 1.54) is 0 Å². The van der Waals surface area contributed by atoms with Crippen molar-refractivity contribution >= 4 is 5.91 Å². The molecule has 1 aliphatic heterocycles. The number of amides is 1. The number of aliphatic hydroxyl groups is 3. The maximum Gasteiger partial charge on any atom is 0.296 e. The highest BCUT2D eigenvalue weighted by Gasteiger charge is 2.38. The summed E-state index contributed by atoms with van der Waals surface area (Å²) in [5, 5.41) is 30.1. The van der Waals surface area contributed by atoms with Crippen molar-refractivity contribution in [3.8, 4) is 12.3 Å². The molecule has 0 spiro atoms. The molecule has 6 nitrogen and oxygen atoms in total. The molecule has 84 valence electrons. The zero-order chi connectivity index (χ0) is 11.4. The minimum Gasteiger partial charge on any atom is -0.394 e. The molecule has 4 N–H and O–H groups in total. The van der Waals surface area contributed by atoms with E-state index in [-0.39, 0.29) is 6.61 Å². The predicted octanol–water partition coefficient (Wildman–Crippen LogP) is -2.78. The molecule has 1 saturated heterocycles. The van der Waals surface area contributed by atoms with E-state index >= 15 is 0 Å². The average Bonchev–Trinajstić information content (AvgIpc) is 2.25. The SMILES string of the molecule is C#CC(=O)N[C@@H]1COC(CO)C(O)C1O. The summed E-state index contributed by atoms with van der Waals surface area (Å²) in [5.74, 6) is 1.14. The third-order valence-corrected chi connectivity index (χ3v) is 2.26. The molecule has 0 bridgehead atoms. The van der Waals surface area contributed by atoms with Gasteiger partial charge in [-0.2, -0.15) is 0 Å². The second kappa shape index (κ2) is 5.09. The number of ether oxygens (including phenoxy) is 1. The molecule has 0 aromatic carbocycles. The zero-order valence-corrected chi connectivity index (χ0v) is 7.96. The second-order valence-electron chi connectivity index (χ2n) is 3.26. The van der Waals surface area contributed by atoms with Gasteiger partial charge in [-0.3, -0.25) is 4.79 Å². The quantitative estimate of drug-likeness (QED) is 0.373. The monoisotopic (exact) mass is 215 g/mol. The summed E-state index contributed by atoms with van der Waals surface area (Å²) in [5.41, 5.74) is 0. The number of nitrogens with one attached hydrogen (secondary N) is 1. The standard InChI is InChI=1S/C9H13NO5/c1-2-7(12)10-5-4-15-6(3-11)9(14)8(5)13/h1,5-6,8-9,11,13-14H,3-4H2,(H,10,12)/t5-,6?,8?,9?/m1/s1. The van der Waals surface area contributed by atoms with Crippen LogP contribution in [0.3, 0.4) is 0 Å². The highest BCUT2D eigenvalue weighted by atomic mass is 16.5. The second-order valence-corrected chi connectivity index (χ2v) is 3.26.